The summed E-state index contributed by atoms with van der Waals surface area (Å²) in [5.74, 6) is -0.423. The van der Waals surface area contributed by atoms with Crippen molar-refractivity contribution in [3.63, 3.8) is 0 Å². The smallest absolute Gasteiger partial charge is 0.266 e. The fourth-order valence-electron chi connectivity index (χ4n) is 3.95. The van der Waals surface area contributed by atoms with Gasteiger partial charge in [-0.25, -0.2) is 4.98 Å². The van der Waals surface area contributed by atoms with Crippen LogP contribution in [-0.4, -0.2) is 37.2 Å². The molecule has 168 valence electrons. The number of hydrogen-bond acceptors (Lipinski definition) is 6. The third-order valence-electron chi connectivity index (χ3n) is 5.53. The Morgan fingerprint density at radius 3 is 2.45 bits per heavy atom. The van der Waals surface area contributed by atoms with E-state index in [1.165, 1.54) is 11.3 Å². The Morgan fingerprint density at radius 2 is 1.82 bits per heavy atom. The zero-order valence-corrected chi connectivity index (χ0v) is 19.8. The van der Waals surface area contributed by atoms with E-state index >= 15 is 0 Å². The fraction of sp³-hybridized carbons (Fsp3) is 0.269. The third-order valence-corrected chi connectivity index (χ3v) is 6.59. The first-order valence-corrected chi connectivity index (χ1v) is 11.7. The van der Waals surface area contributed by atoms with Gasteiger partial charge >= 0.3 is 0 Å². The summed E-state index contributed by atoms with van der Waals surface area (Å²) in [6.07, 6.45) is 1.65. The maximum atomic E-state index is 13.0. The molecule has 1 saturated heterocycles. The number of carbonyl (C=O) groups is 1. The molecule has 0 saturated carbocycles. The van der Waals surface area contributed by atoms with Gasteiger partial charge in [-0.3, -0.25) is 4.79 Å². The molecule has 0 unspecified atom stereocenters. The van der Waals surface area contributed by atoms with Crippen LogP contribution in [0.2, 0.25) is 0 Å². The van der Waals surface area contributed by atoms with Crippen LogP contribution in [0.25, 0.3) is 17.3 Å². The van der Waals surface area contributed by atoms with Gasteiger partial charge in [-0.15, -0.1) is 0 Å². The Morgan fingerprint density at radius 1 is 1.15 bits per heavy atom. The molecule has 2 heterocycles. The number of aromatic nitrogens is 1. The molecule has 1 aliphatic rings. The van der Waals surface area contributed by atoms with Crippen molar-refractivity contribution < 1.29 is 9.53 Å². The number of nitrogens with one attached hydrogen (secondary N) is 1. The second-order valence-electron chi connectivity index (χ2n) is 8.07. The van der Waals surface area contributed by atoms with Gasteiger partial charge in [-0.2, -0.15) is 5.26 Å². The van der Waals surface area contributed by atoms with E-state index in [9.17, 15) is 10.1 Å². The van der Waals surface area contributed by atoms with Crippen LogP contribution >= 0.6 is 11.3 Å². The molecule has 1 fully saturated rings. The molecule has 1 aromatic heterocycles. The molecule has 0 aliphatic carbocycles. The number of nitrogens with zero attached hydrogens (tertiary/aromatic N) is 3. The third kappa shape index (κ3) is 5.14. The normalized spacial score (nSPS) is 14.1. The molecule has 33 heavy (non-hydrogen) atoms. The van der Waals surface area contributed by atoms with Crippen molar-refractivity contribution in [3.05, 3.63) is 69.6 Å². The van der Waals surface area contributed by atoms with Gasteiger partial charge < -0.3 is 15.0 Å². The Balaban J connectivity index is 1.70. The van der Waals surface area contributed by atoms with Gasteiger partial charge in [0.25, 0.3) is 5.91 Å². The molecule has 2 aromatic carbocycles. The number of benzene rings is 2. The van der Waals surface area contributed by atoms with Crippen molar-refractivity contribution in [2.45, 2.75) is 20.8 Å². The number of thiazole rings is 1. The summed E-state index contributed by atoms with van der Waals surface area (Å²) < 4.78 is 5.47. The Bertz CT molecular complexity index is 1210. The van der Waals surface area contributed by atoms with Crippen LogP contribution in [0.4, 0.5) is 10.8 Å². The summed E-state index contributed by atoms with van der Waals surface area (Å²) in [5.41, 5.74) is 5.57. The molecule has 1 N–H and O–H groups in total. The van der Waals surface area contributed by atoms with Crippen molar-refractivity contribution in [2.75, 3.05) is 36.5 Å². The monoisotopic (exact) mass is 458 g/mol. The number of morpholine rings is 1. The zero-order valence-electron chi connectivity index (χ0n) is 19.0. The van der Waals surface area contributed by atoms with Gasteiger partial charge in [0, 0.05) is 24.3 Å². The van der Waals surface area contributed by atoms with Gasteiger partial charge in [-0.1, -0.05) is 59.4 Å². The minimum Gasteiger partial charge on any atom is -0.378 e. The molecule has 3 aromatic rings. The van der Waals surface area contributed by atoms with Crippen LogP contribution in [-0.2, 0) is 9.53 Å². The number of amides is 1. The van der Waals surface area contributed by atoms with Crippen LogP contribution in [0.3, 0.4) is 0 Å². The molecule has 1 aliphatic heterocycles. The first-order valence-electron chi connectivity index (χ1n) is 10.9. The Kier molecular flexibility index (Phi) is 6.87. The second kappa shape index (κ2) is 9.99. The van der Waals surface area contributed by atoms with E-state index in [-0.39, 0.29) is 5.57 Å². The van der Waals surface area contributed by atoms with Crippen LogP contribution in [0.5, 0.6) is 0 Å². The molecule has 6 nitrogen and oxygen atoms in total. The number of ether oxygens (including phenoxy) is 1. The average Bonchev–Trinajstić information content (AvgIpc) is 3.24. The largest absolute Gasteiger partial charge is 0.378 e. The first-order chi connectivity index (χ1) is 16.0. The zero-order chi connectivity index (χ0) is 23.4. The van der Waals surface area contributed by atoms with Crippen LogP contribution < -0.4 is 10.2 Å². The number of carbonyl (C=O) groups excluding carboxylic acids is 1. The minimum absolute atomic E-state index is 0.0451. The highest BCUT2D eigenvalue weighted by Gasteiger charge is 2.20. The van der Waals surface area contributed by atoms with E-state index in [1.54, 1.807) is 6.08 Å². The summed E-state index contributed by atoms with van der Waals surface area (Å²) >= 11 is 1.49. The standard InChI is InChI=1S/C26H26N4O2S/c1-17-13-18(2)23(19(3)14-17)28-25(31)21(16-27)15-22-24(20-7-5-4-6-8-20)29-26(33-22)30-9-11-32-12-10-30/h4-8,13-15H,9-12H2,1-3H3,(H,28,31). The Hall–Kier alpha value is -3.47. The topological polar surface area (TPSA) is 78.2 Å². The van der Waals surface area contributed by atoms with Gasteiger partial charge in [0.15, 0.2) is 5.13 Å². The van der Waals surface area contributed by atoms with Crippen LogP contribution in [0, 0.1) is 32.1 Å². The summed E-state index contributed by atoms with van der Waals surface area (Å²) in [6.45, 7) is 8.78. The van der Waals surface area contributed by atoms with Gasteiger partial charge in [0.1, 0.15) is 11.6 Å². The number of hydrogen-bond donors (Lipinski definition) is 1. The van der Waals surface area contributed by atoms with Gasteiger partial charge in [0.05, 0.1) is 23.8 Å². The summed E-state index contributed by atoms with van der Waals surface area (Å²) in [5, 5.41) is 13.6. The molecule has 7 heteroatoms. The second-order valence-corrected chi connectivity index (χ2v) is 9.08. The van der Waals surface area contributed by atoms with E-state index in [0.29, 0.717) is 13.2 Å². The van der Waals surface area contributed by atoms with Crippen molar-refractivity contribution in [1.29, 1.82) is 5.26 Å². The van der Waals surface area contributed by atoms with E-state index in [1.807, 2.05) is 63.2 Å². The maximum Gasteiger partial charge on any atom is 0.266 e. The highest BCUT2D eigenvalue weighted by Crippen LogP contribution is 2.35. The molecular weight excluding hydrogens is 432 g/mol. The van der Waals surface area contributed by atoms with E-state index in [0.717, 1.165) is 56.7 Å². The van der Waals surface area contributed by atoms with Crippen molar-refractivity contribution in [3.8, 4) is 17.3 Å². The van der Waals surface area contributed by atoms with Crippen molar-refractivity contribution in [2.24, 2.45) is 0 Å². The number of aryl methyl sites for hydroxylation is 3. The summed E-state index contributed by atoms with van der Waals surface area (Å²) in [6, 6.07) is 16.0. The molecule has 0 spiro atoms. The highest BCUT2D eigenvalue weighted by atomic mass is 32.1. The summed E-state index contributed by atoms with van der Waals surface area (Å²) in [4.78, 5) is 20.9. The molecule has 1 amide bonds. The molecule has 0 radical (unpaired) electrons. The van der Waals surface area contributed by atoms with E-state index in [4.69, 9.17) is 9.72 Å². The highest BCUT2D eigenvalue weighted by molar-refractivity contribution is 7.17. The van der Waals surface area contributed by atoms with E-state index in [2.05, 4.69) is 16.3 Å². The van der Waals surface area contributed by atoms with Gasteiger partial charge in [-0.05, 0) is 38.0 Å². The van der Waals surface area contributed by atoms with Crippen molar-refractivity contribution in [1.82, 2.24) is 4.98 Å². The Labute approximate surface area is 198 Å². The van der Waals surface area contributed by atoms with Crippen LogP contribution in [0.1, 0.15) is 21.6 Å². The van der Waals surface area contributed by atoms with Gasteiger partial charge in [0.2, 0.25) is 0 Å². The predicted molar refractivity (Wildman–Crippen MR) is 133 cm³/mol. The van der Waals surface area contributed by atoms with E-state index < -0.39 is 5.91 Å². The average molecular weight is 459 g/mol. The lowest BCUT2D eigenvalue weighted by Gasteiger charge is -2.26. The fourth-order valence-corrected chi connectivity index (χ4v) is 5.03. The maximum absolute atomic E-state index is 13.0. The first kappa shape index (κ1) is 22.7. The SMILES string of the molecule is Cc1cc(C)c(NC(=O)C(C#N)=Cc2sc(N3CCOCC3)nc2-c2ccccc2)c(C)c1. The molecular formula is C26H26N4O2S. The number of nitriles is 1. The lowest BCUT2D eigenvalue weighted by Crippen LogP contribution is -2.36. The molecule has 0 atom stereocenters. The number of anilines is 2. The molecule has 0 bridgehead atoms. The lowest BCUT2D eigenvalue weighted by molar-refractivity contribution is -0.112. The minimum atomic E-state index is -0.423. The predicted octanol–water partition coefficient (Wildman–Crippen LogP) is 5.12. The van der Waals surface area contributed by atoms with Crippen molar-refractivity contribution >= 4 is 34.1 Å². The van der Waals surface area contributed by atoms with Crippen LogP contribution in [0.15, 0.2) is 48.0 Å². The summed E-state index contributed by atoms with van der Waals surface area (Å²) in [7, 11) is 0. The lowest BCUT2D eigenvalue weighted by atomic mass is 10.0. The quantitative estimate of drug-likeness (QED) is 0.424. The number of rotatable bonds is 5. The molecule has 4 rings (SSSR count).